The van der Waals surface area contributed by atoms with E-state index in [1.54, 1.807) is 38.4 Å². The summed E-state index contributed by atoms with van der Waals surface area (Å²) in [5.41, 5.74) is 0.727. The number of nitrogens with zero attached hydrogens (tertiary/aromatic N) is 2. The SMILES string of the molecule is COc1ccc(/C=C2\SC(=Nc3ccc(O)cc3C(=O)O)N(C)C2=O)cc1OC. The van der Waals surface area contributed by atoms with Gasteiger partial charge in [0.2, 0.25) is 0 Å². The fourth-order valence-electron chi connectivity index (χ4n) is 2.64. The Kier molecular flexibility index (Phi) is 5.79. The van der Waals surface area contributed by atoms with E-state index in [1.807, 2.05) is 0 Å². The van der Waals surface area contributed by atoms with Crippen molar-refractivity contribution in [3.8, 4) is 17.2 Å². The number of aliphatic imine (C=N–C) groups is 1. The van der Waals surface area contributed by atoms with Gasteiger partial charge in [0.1, 0.15) is 5.75 Å². The number of aromatic hydroxyl groups is 1. The number of hydrogen-bond acceptors (Lipinski definition) is 7. The van der Waals surface area contributed by atoms with Gasteiger partial charge in [-0.1, -0.05) is 6.07 Å². The maximum atomic E-state index is 12.6. The molecule has 0 saturated carbocycles. The number of phenols is 1. The summed E-state index contributed by atoms with van der Waals surface area (Å²) in [7, 11) is 4.63. The third-order valence-corrected chi connectivity index (χ3v) is 5.20. The minimum atomic E-state index is -1.22. The van der Waals surface area contributed by atoms with Gasteiger partial charge in [-0.2, -0.15) is 0 Å². The van der Waals surface area contributed by atoms with Crippen molar-refractivity contribution >= 4 is 40.6 Å². The minimum Gasteiger partial charge on any atom is -0.508 e. The number of hydrogen-bond donors (Lipinski definition) is 2. The van der Waals surface area contributed by atoms with Crippen LogP contribution in [0.4, 0.5) is 5.69 Å². The molecule has 0 bridgehead atoms. The van der Waals surface area contributed by atoms with Gasteiger partial charge in [-0.25, -0.2) is 9.79 Å². The van der Waals surface area contributed by atoms with Crippen molar-refractivity contribution in [1.29, 1.82) is 0 Å². The molecule has 8 nitrogen and oxygen atoms in total. The second-order valence-corrected chi connectivity index (χ2v) is 7.00. The van der Waals surface area contributed by atoms with E-state index in [9.17, 15) is 19.8 Å². The van der Waals surface area contributed by atoms with Crippen LogP contribution >= 0.6 is 11.8 Å². The van der Waals surface area contributed by atoms with Crippen LogP contribution in [0.2, 0.25) is 0 Å². The number of carbonyl (C=O) groups is 2. The van der Waals surface area contributed by atoms with Gasteiger partial charge in [0.05, 0.1) is 30.4 Å². The molecule has 2 N–H and O–H groups in total. The van der Waals surface area contributed by atoms with Gasteiger partial charge in [-0.15, -0.1) is 0 Å². The molecule has 1 saturated heterocycles. The fourth-order valence-corrected chi connectivity index (χ4v) is 3.62. The normalized spacial score (nSPS) is 16.5. The van der Waals surface area contributed by atoms with E-state index >= 15 is 0 Å². The predicted octanol–water partition coefficient (Wildman–Crippen LogP) is 3.34. The highest BCUT2D eigenvalue weighted by Gasteiger charge is 2.31. The molecule has 1 aliphatic rings. The Morgan fingerprint density at radius 3 is 2.52 bits per heavy atom. The maximum absolute atomic E-state index is 12.6. The lowest BCUT2D eigenvalue weighted by atomic mass is 10.2. The van der Waals surface area contributed by atoms with Gasteiger partial charge >= 0.3 is 5.97 Å². The van der Waals surface area contributed by atoms with Crippen molar-refractivity contribution in [1.82, 2.24) is 4.90 Å². The van der Waals surface area contributed by atoms with Crippen LogP contribution in [0.25, 0.3) is 6.08 Å². The summed E-state index contributed by atoms with van der Waals surface area (Å²) in [5.74, 6) is -0.552. The number of aromatic carboxylic acids is 1. The molecule has 9 heteroatoms. The van der Waals surface area contributed by atoms with Crippen LogP contribution in [0.1, 0.15) is 15.9 Å². The number of likely N-dealkylation sites (N-methyl/N-ethyl adjacent to an activating group) is 1. The zero-order valence-electron chi connectivity index (χ0n) is 15.9. The summed E-state index contributed by atoms with van der Waals surface area (Å²) >= 11 is 1.12. The maximum Gasteiger partial charge on any atom is 0.338 e. The van der Waals surface area contributed by atoms with Crippen molar-refractivity contribution in [3.05, 3.63) is 52.4 Å². The molecule has 0 radical (unpaired) electrons. The number of carboxylic acid groups (broad SMARTS) is 1. The molecule has 0 unspecified atom stereocenters. The molecule has 1 aliphatic heterocycles. The van der Waals surface area contributed by atoms with Gasteiger partial charge < -0.3 is 19.7 Å². The van der Waals surface area contributed by atoms with E-state index in [1.165, 1.54) is 24.1 Å². The van der Waals surface area contributed by atoms with Crippen molar-refractivity contribution in [3.63, 3.8) is 0 Å². The molecule has 150 valence electrons. The standard InChI is InChI=1S/C20H18N2O6S/c1-22-18(24)17(9-11-4-7-15(27-2)16(8-11)28-3)29-20(22)21-14-6-5-12(23)10-13(14)19(25)26/h4-10,23H,1-3H3,(H,25,26)/b17-9-,21-20?. The molecular formula is C20H18N2O6S. The molecule has 29 heavy (non-hydrogen) atoms. The molecule has 0 atom stereocenters. The first kappa shape index (κ1) is 20.3. The predicted molar refractivity (Wildman–Crippen MR) is 110 cm³/mol. The second kappa shape index (κ2) is 8.27. The number of carbonyl (C=O) groups excluding carboxylic acids is 1. The van der Waals surface area contributed by atoms with Crippen LogP contribution in [-0.4, -0.2) is 53.4 Å². The van der Waals surface area contributed by atoms with Gasteiger partial charge in [0.25, 0.3) is 5.91 Å². The fraction of sp³-hybridized carbons (Fsp3) is 0.150. The summed E-state index contributed by atoms with van der Waals surface area (Å²) in [6, 6.07) is 9.12. The number of carboxylic acids is 1. The number of rotatable bonds is 5. The van der Waals surface area contributed by atoms with Crippen molar-refractivity contribution < 1.29 is 29.3 Å². The summed E-state index contributed by atoms with van der Waals surface area (Å²) in [6.07, 6.45) is 1.70. The molecule has 1 fully saturated rings. The largest absolute Gasteiger partial charge is 0.508 e. The number of amidine groups is 1. The third kappa shape index (κ3) is 4.19. The zero-order chi connectivity index (χ0) is 21.1. The highest BCUT2D eigenvalue weighted by atomic mass is 32.2. The Bertz CT molecular complexity index is 1050. The van der Waals surface area contributed by atoms with Crippen molar-refractivity contribution in [2.45, 2.75) is 0 Å². The number of methoxy groups -OCH3 is 2. The highest BCUT2D eigenvalue weighted by molar-refractivity contribution is 8.18. The van der Waals surface area contributed by atoms with Crippen LogP contribution in [0.5, 0.6) is 17.2 Å². The summed E-state index contributed by atoms with van der Waals surface area (Å²) in [6.45, 7) is 0. The summed E-state index contributed by atoms with van der Waals surface area (Å²) in [4.78, 5) is 30.1. The van der Waals surface area contributed by atoms with Crippen LogP contribution in [-0.2, 0) is 4.79 Å². The first-order valence-electron chi connectivity index (χ1n) is 8.38. The topological polar surface area (TPSA) is 109 Å². The molecule has 2 aromatic rings. The van der Waals surface area contributed by atoms with E-state index in [2.05, 4.69) is 4.99 Å². The zero-order valence-corrected chi connectivity index (χ0v) is 16.7. The molecule has 1 heterocycles. The van der Waals surface area contributed by atoms with E-state index in [0.717, 1.165) is 23.4 Å². The molecule has 2 aromatic carbocycles. The Morgan fingerprint density at radius 1 is 1.14 bits per heavy atom. The first-order valence-corrected chi connectivity index (χ1v) is 9.20. The Balaban J connectivity index is 1.95. The highest BCUT2D eigenvalue weighted by Crippen LogP contribution is 2.36. The van der Waals surface area contributed by atoms with E-state index in [0.29, 0.717) is 21.6 Å². The van der Waals surface area contributed by atoms with Crippen LogP contribution in [0.15, 0.2) is 46.3 Å². The number of phenolic OH excluding ortho intramolecular Hbond substituents is 1. The molecule has 3 rings (SSSR count). The lowest BCUT2D eigenvalue weighted by Gasteiger charge is -2.08. The molecule has 1 amide bonds. The molecular weight excluding hydrogens is 396 g/mol. The minimum absolute atomic E-state index is 0.143. The molecule has 0 spiro atoms. The van der Waals surface area contributed by atoms with E-state index in [4.69, 9.17) is 9.47 Å². The van der Waals surface area contributed by atoms with Gasteiger partial charge in [0.15, 0.2) is 16.7 Å². The summed E-state index contributed by atoms with van der Waals surface area (Å²) < 4.78 is 10.5. The lowest BCUT2D eigenvalue weighted by molar-refractivity contribution is -0.121. The quantitative estimate of drug-likeness (QED) is 0.722. The average Bonchev–Trinajstić information content (AvgIpc) is 2.96. The number of ether oxygens (including phenoxy) is 2. The summed E-state index contributed by atoms with van der Waals surface area (Å²) in [5, 5.41) is 19.2. The first-order chi connectivity index (χ1) is 13.8. The lowest BCUT2D eigenvalue weighted by Crippen LogP contribution is -2.23. The Morgan fingerprint density at radius 2 is 1.86 bits per heavy atom. The Hall–Kier alpha value is -3.46. The number of amides is 1. The Labute approximate surface area is 171 Å². The smallest absolute Gasteiger partial charge is 0.338 e. The average molecular weight is 414 g/mol. The van der Waals surface area contributed by atoms with E-state index in [-0.39, 0.29) is 22.9 Å². The molecule has 0 aromatic heterocycles. The van der Waals surface area contributed by atoms with Crippen LogP contribution in [0.3, 0.4) is 0 Å². The second-order valence-electron chi connectivity index (χ2n) is 5.99. The van der Waals surface area contributed by atoms with Gasteiger partial charge in [0, 0.05) is 7.05 Å². The molecule has 0 aliphatic carbocycles. The van der Waals surface area contributed by atoms with Crippen LogP contribution in [0, 0.1) is 0 Å². The third-order valence-electron chi connectivity index (χ3n) is 4.14. The monoisotopic (exact) mass is 414 g/mol. The van der Waals surface area contributed by atoms with Crippen molar-refractivity contribution in [2.24, 2.45) is 4.99 Å². The van der Waals surface area contributed by atoms with Gasteiger partial charge in [-0.05, 0) is 53.7 Å². The van der Waals surface area contributed by atoms with Crippen molar-refractivity contribution in [2.75, 3.05) is 21.3 Å². The number of thioether (sulfide) groups is 1. The van der Waals surface area contributed by atoms with E-state index < -0.39 is 5.97 Å². The van der Waals surface area contributed by atoms with Gasteiger partial charge in [-0.3, -0.25) is 9.69 Å². The van der Waals surface area contributed by atoms with Crippen LogP contribution < -0.4 is 9.47 Å². The number of benzene rings is 2.